The highest BCUT2D eigenvalue weighted by molar-refractivity contribution is 5.51. The number of hydrogen-bond acceptors (Lipinski definition) is 5. The molecule has 5 heteroatoms. The number of aromatic nitrogens is 3. The fourth-order valence-electron chi connectivity index (χ4n) is 0.946. The molecule has 0 saturated carbocycles. The van der Waals surface area contributed by atoms with Crippen LogP contribution in [0.5, 0.6) is 0 Å². The second-order valence-electron chi connectivity index (χ2n) is 2.63. The van der Waals surface area contributed by atoms with Gasteiger partial charge in [0.25, 0.3) is 5.89 Å². The van der Waals surface area contributed by atoms with Gasteiger partial charge in [-0.05, 0) is 19.1 Å². The van der Waals surface area contributed by atoms with Crippen molar-refractivity contribution >= 4 is 6.01 Å². The summed E-state index contributed by atoms with van der Waals surface area (Å²) in [6, 6.07) is 3.79. The van der Waals surface area contributed by atoms with E-state index >= 15 is 0 Å². The molecule has 0 saturated heterocycles. The van der Waals surface area contributed by atoms with Crippen molar-refractivity contribution < 1.29 is 4.42 Å². The molecule has 2 heterocycles. The van der Waals surface area contributed by atoms with E-state index in [0.717, 1.165) is 11.3 Å². The van der Waals surface area contributed by atoms with Crippen molar-refractivity contribution in [3.63, 3.8) is 0 Å². The monoisotopic (exact) mass is 176 g/mol. The van der Waals surface area contributed by atoms with Gasteiger partial charge < -0.3 is 10.2 Å². The van der Waals surface area contributed by atoms with Crippen molar-refractivity contribution in [1.82, 2.24) is 15.2 Å². The second kappa shape index (κ2) is 2.85. The smallest absolute Gasteiger partial charge is 0.313 e. The Morgan fingerprint density at radius 2 is 2.15 bits per heavy atom. The third-order valence-electron chi connectivity index (χ3n) is 1.60. The van der Waals surface area contributed by atoms with Crippen molar-refractivity contribution in [2.24, 2.45) is 0 Å². The molecule has 0 aliphatic heterocycles. The van der Waals surface area contributed by atoms with Crippen LogP contribution in [0, 0.1) is 6.92 Å². The highest BCUT2D eigenvalue weighted by Crippen LogP contribution is 2.16. The molecule has 5 nitrogen and oxygen atoms in total. The van der Waals surface area contributed by atoms with E-state index in [9.17, 15) is 0 Å². The lowest BCUT2D eigenvalue weighted by molar-refractivity contribution is 0.590. The van der Waals surface area contributed by atoms with Crippen LogP contribution in [0.4, 0.5) is 6.01 Å². The molecule has 0 aliphatic rings. The average Bonchev–Trinajstić information content (AvgIpc) is 2.53. The number of pyridine rings is 1. The molecule has 0 bridgehead atoms. The Labute approximate surface area is 74.6 Å². The summed E-state index contributed by atoms with van der Waals surface area (Å²) in [4.78, 5) is 4.10. The highest BCUT2D eigenvalue weighted by atomic mass is 16.4. The van der Waals surface area contributed by atoms with E-state index < -0.39 is 0 Å². The zero-order valence-corrected chi connectivity index (χ0v) is 7.06. The summed E-state index contributed by atoms with van der Waals surface area (Å²) < 4.78 is 5.02. The maximum Gasteiger partial charge on any atom is 0.313 e. The van der Waals surface area contributed by atoms with Crippen molar-refractivity contribution in [3.8, 4) is 11.5 Å². The summed E-state index contributed by atoms with van der Waals surface area (Å²) in [5.41, 5.74) is 7.00. The SMILES string of the molecule is Cc1ccc(-c2nnc(N)o2)cn1. The van der Waals surface area contributed by atoms with Crippen LogP contribution in [0.2, 0.25) is 0 Å². The predicted molar refractivity (Wildman–Crippen MR) is 46.7 cm³/mol. The average molecular weight is 176 g/mol. The molecule has 0 radical (unpaired) electrons. The van der Waals surface area contributed by atoms with E-state index in [1.807, 2.05) is 19.1 Å². The van der Waals surface area contributed by atoms with Gasteiger partial charge in [0.2, 0.25) is 0 Å². The minimum absolute atomic E-state index is 0.0653. The van der Waals surface area contributed by atoms with E-state index in [0.29, 0.717) is 5.89 Å². The number of nitrogens with two attached hydrogens (primary N) is 1. The Balaban J connectivity index is 2.41. The van der Waals surface area contributed by atoms with E-state index in [1.165, 1.54) is 0 Å². The van der Waals surface area contributed by atoms with Crippen molar-refractivity contribution in [2.45, 2.75) is 6.92 Å². The summed E-state index contributed by atoms with van der Waals surface area (Å²) in [5.74, 6) is 0.394. The van der Waals surface area contributed by atoms with Gasteiger partial charge in [-0.1, -0.05) is 5.10 Å². The lowest BCUT2D eigenvalue weighted by Crippen LogP contribution is -1.82. The van der Waals surface area contributed by atoms with Gasteiger partial charge in [0, 0.05) is 11.9 Å². The number of nitrogen functional groups attached to an aromatic ring is 1. The van der Waals surface area contributed by atoms with Crippen molar-refractivity contribution in [3.05, 3.63) is 24.0 Å². The minimum Gasteiger partial charge on any atom is -0.403 e. The molecule has 2 rings (SSSR count). The standard InChI is InChI=1S/C8H8N4O/c1-5-2-3-6(4-10-5)7-11-12-8(9)13-7/h2-4H,1H3,(H2,9,12). The molecular formula is C8H8N4O. The lowest BCUT2D eigenvalue weighted by Gasteiger charge is -1.93. The topological polar surface area (TPSA) is 77.8 Å². The number of aryl methyl sites for hydroxylation is 1. The minimum atomic E-state index is 0.0653. The molecule has 0 amide bonds. The van der Waals surface area contributed by atoms with Gasteiger partial charge in [-0.2, -0.15) is 0 Å². The predicted octanol–water partition coefficient (Wildman–Crippen LogP) is 1.02. The Bertz CT molecular complexity index is 406. The molecule has 0 unspecified atom stereocenters. The summed E-state index contributed by atoms with van der Waals surface area (Å²) in [7, 11) is 0. The van der Waals surface area contributed by atoms with Gasteiger partial charge >= 0.3 is 6.01 Å². The van der Waals surface area contributed by atoms with Crippen LogP contribution in [0.1, 0.15) is 5.69 Å². The van der Waals surface area contributed by atoms with Gasteiger partial charge in [-0.3, -0.25) is 4.98 Å². The number of nitrogens with zero attached hydrogens (tertiary/aromatic N) is 3. The van der Waals surface area contributed by atoms with Crippen LogP contribution in [-0.4, -0.2) is 15.2 Å². The summed E-state index contributed by atoms with van der Waals surface area (Å²) in [6.45, 7) is 1.91. The summed E-state index contributed by atoms with van der Waals surface area (Å²) in [6.07, 6.45) is 1.67. The van der Waals surface area contributed by atoms with Gasteiger partial charge in [0.05, 0.1) is 5.56 Å². The third kappa shape index (κ3) is 1.48. The maximum absolute atomic E-state index is 5.29. The molecule has 66 valence electrons. The van der Waals surface area contributed by atoms with E-state index in [2.05, 4.69) is 15.2 Å². The van der Waals surface area contributed by atoms with Crippen LogP contribution < -0.4 is 5.73 Å². The van der Waals surface area contributed by atoms with Crippen molar-refractivity contribution in [2.75, 3.05) is 5.73 Å². The molecule has 2 N–H and O–H groups in total. The lowest BCUT2D eigenvalue weighted by atomic mass is 10.2. The quantitative estimate of drug-likeness (QED) is 0.701. The van der Waals surface area contributed by atoms with E-state index in [1.54, 1.807) is 6.20 Å². The highest BCUT2D eigenvalue weighted by Gasteiger charge is 2.05. The molecule has 0 fully saturated rings. The van der Waals surface area contributed by atoms with Crippen LogP contribution in [-0.2, 0) is 0 Å². The number of rotatable bonds is 1. The third-order valence-corrected chi connectivity index (χ3v) is 1.60. The van der Waals surface area contributed by atoms with E-state index in [4.69, 9.17) is 10.2 Å². The van der Waals surface area contributed by atoms with Crippen LogP contribution in [0.15, 0.2) is 22.7 Å². The van der Waals surface area contributed by atoms with Gasteiger partial charge in [0.1, 0.15) is 0 Å². The number of hydrogen-bond donors (Lipinski definition) is 1. The fourth-order valence-corrected chi connectivity index (χ4v) is 0.946. The molecule has 2 aromatic heterocycles. The van der Waals surface area contributed by atoms with Gasteiger partial charge in [-0.15, -0.1) is 5.10 Å². The maximum atomic E-state index is 5.29. The first-order valence-electron chi connectivity index (χ1n) is 3.78. The van der Waals surface area contributed by atoms with Crippen LogP contribution in [0.3, 0.4) is 0 Å². The first-order valence-corrected chi connectivity index (χ1v) is 3.78. The van der Waals surface area contributed by atoms with Crippen molar-refractivity contribution in [1.29, 1.82) is 0 Å². The Kier molecular flexibility index (Phi) is 1.70. The zero-order chi connectivity index (χ0) is 9.26. The normalized spacial score (nSPS) is 10.2. The second-order valence-corrected chi connectivity index (χ2v) is 2.63. The zero-order valence-electron chi connectivity index (χ0n) is 7.06. The molecule has 0 spiro atoms. The molecule has 0 aromatic carbocycles. The molecule has 13 heavy (non-hydrogen) atoms. The molecule has 0 atom stereocenters. The Morgan fingerprint density at radius 3 is 2.69 bits per heavy atom. The number of anilines is 1. The first kappa shape index (κ1) is 7.72. The molecular weight excluding hydrogens is 168 g/mol. The van der Waals surface area contributed by atoms with Gasteiger partial charge in [-0.25, -0.2) is 0 Å². The Morgan fingerprint density at radius 1 is 1.31 bits per heavy atom. The van der Waals surface area contributed by atoms with Gasteiger partial charge in [0.15, 0.2) is 0 Å². The van der Waals surface area contributed by atoms with Crippen LogP contribution >= 0.6 is 0 Å². The first-order chi connectivity index (χ1) is 6.25. The molecule has 0 aliphatic carbocycles. The van der Waals surface area contributed by atoms with E-state index in [-0.39, 0.29) is 6.01 Å². The fraction of sp³-hybridized carbons (Fsp3) is 0.125. The molecule has 2 aromatic rings. The largest absolute Gasteiger partial charge is 0.403 e. The summed E-state index contributed by atoms with van der Waals surface area (Å²) in [5, 5.41) is 7.28. The Hall–Kier alpha value is -1.91. The summed E-state index contributed by atoms with van der Waals surface area (Å²) >= 11 is 0. The van der Waals surface area contributed by atoms with Crippen LogP contribution in [0.25, 0.3) is 11.5 Å².